The van der Waals surface area contributed by atoms with Crippen molar-refractivity contribution in [1.29, 1.82) is 0 Å². The molecule has 2 heterocycles. The second-order valence-corrected chi connectivity index (χ2v) is 9.15. The van der Waals surface area contributed by atoms with Crippen LogP contribution in [-0.2, 0) is 27.2 Å². The maximum absolute atomic E-state index is 12.6. The second-order valence-electron chi connectivity index (χ2n) is 6.06. The molecule has 0 aliphatic carbocycles. The summed E-state index contributed by atoms with van der Waals surface area (Å²) in [6, 6.07) is 4.29. The molecule has 0 spiro atoms. The van der Waals surface area contributed by atoms with Crippen molar-refractivity contribution < 1.29 is 26.4 Å². The molecule has 0 bridgehead atoms. The Balaban J connectivity index is 1.62. The number of sulfone groups is 1. The Morgan fingerprint density at radius 2 is 1.96 bits per heavy atom. The summed E-state index contributed by atoms with van der Waals surface area (Å²) in [6.45, 7) is 0. The van der Waals surface area contributed by atoms with E-state index in [9.17, 15) is 26.4 Å². The molecule has 1 aliphatic heterocycles. The SMILES string of the molecule is O=C(Cc1csc(-c2ccc(C(F)(F)F)cc2)n1)N[C@@H]1CCS(=O)(=O)C1. The van der Waals surface area contributed by atoms with Gasteiger partial charge < -0.3 is 5.32 Å². The average Bonchev–Trinajstić information content (AvgIpc) is 3.13. The zero-order valence-electron chi connectivity index (χ0n) is 13.4. The third-order valence-electron chi connectivity index (χ3n) is 3.95. The predicted molar refractivity (Wildman–Crippen MR) is 91.5 cm³/mol. The molecule has 1 aromatic heterocycles. The molecule has 26 heavy (non-hydrogen) atoms. The van der Waals surface area contributed by atoms with E-state index in [1.165, 1.54) is 23.5 Å². The van der Waals surface area contributed by atoms with E-state index in [1.54, 1.807) is 5.38 Å². The number of benzene rings is 1. The number of amides is 1. The fourth-order valence-electron chi connectivity index (χ4n) is 2.67. The van der Waals surface area contributed by atoms with Gasteiger partial charge in [0.1, 0.15) is 5.01 Å². The first-order chi connectivity index (χ1) is 12.1. The molecule has 1 fully saturated rings. The van der Waals surface area contributed by atoms with E-state index in [0.29, 0.717) is 22.7 Å². The number of nitrogens with zero attached hydrogens (tertiary/aromatic N) is 1. The lowest BCUT2D eigenvalue weighted by Crippen LogP contribution is -2.36. The minimum atomic E-state index is -4.39. The van der Waals surface area contributed by atoms with Crippen LogP contribution in [0.15, 0.2) is 29.6 Å². The van der Waals surface area contributed by atoms with Gasteiger partial charge in [-0.25, -0.2) is 13.4 Å². The summed E-state index contributed by atoms with van der Waals surface area (Å²) in [4.78, 5) is 16.3. The van der Waals surface area contributed by atoms with E-state index in [2.05, 4.69) is 10.3 Å². The molecule has 1 aliphatic rings. The van der Waals surface area contributed by atoms with E-state index in [0.717, 1.165) is 12.1 Å². The number of carbonyl (C=O) groups is 1. The van der Waals surface area contributed by atoms with Gasteiger partial charge in [0, 0.05) is 17.0 Å². The van der Waals surface area contributed by atoms with Crippen LogP contribution in [0.25, 0.3) is 10.6 Å². The molecule has 1 saturated heterocycles. The van der Waals surface area contributed by atoms with E-state index >= 15 is 0 Å². The van der Waals surface area contributed by atoms with Gasteiger partial charge in [-0.15, -0.1) is 11.3 Å². The number of nitrogens with one attached hydrogen (secondary N) is 1. The van der Waals surface area contributed by atoms with Crippen molar-refractivity contribution >= 4 is 27.1 Å². The third kappa shape index (κ3) is 4.61. The Bertz CT molecular complexity index is 906. The van der Waals surface area contributed by atoms with Crippen LogP contribution in [-0.4, -0.2) is 36.9 Å². The molecule has 5 nitrogen and oxygen atoms in total. The topological polar surface area (TPSA) is 76.1 Å². The number of aromatic nitrogens is 1. The summed E-state index contributed by atoms with van der Waals surface area (Å²) in [5.74, 6) is -0.296. The Hall–Kier alpha value is -1.94. The largest absolute Gasteiger partial charge is 0.416 e. The molecule has 140 valence electrons. The van der Waals surface area contributed by atoms with Crippen LogP contribution < -0.4 is 5.32 Å². The summed E-state index contributed by atoms with van der Waals surface area (Å²) in [5.41, 5.74) is 0.295. The van der Waals surface area contributed by atoms with Gasteiger partial charge >= 0.3 is 6.18 Å². The van der Waals surface area contributed by atoms with Crippen molar-refractivity contribution in [3.63, 3.8) is 0 Å². The Morgan fingerprint density at radius 3 is 2.54 bits per heavy atom. The first-order valence-electron chi connectivity index (χ1n) is 7.74. The Labute approximate surface area is 152 Å². The molecule has 10 heteroatoms. The zero-order chi connectivity index (χ0) is 18.9. The van der Waals surface area contributed by atoms with Crippen molar-refractivity contribution in [1.82, 2.24) is 10.3 Å². The van der Waals surface area contributed by atoms with Crippen molar-refractivity contribution in [3.05, 3.63) is 40.9 Å². The molecular weight excluding hydrogens is 389 g/mol. The molecule has 0 unspecified atom stereocenters. The highest BCUT2D eigenvalue weighted by atomic mass is 32.2. The number of halogens is 3. The van der Waals surface area contributed by atoms with Gasteiger partial charge in [0.05, 0.1) is 29.2 Å². The molecule has 0 saturated carbocycles. The van der Waals surface area contributed by atoms with E-state index in [4.69, 9.17) is 0 Å². The van der Waals surface area contributed by atoms with E-state index < -0.39 is 21.6 Å². The number of hydrogen-bond acceptors (Lipinski definition) is 5. The first kappa shape index (κ1) is 18.8. The minimum absolute atomic E-state index is 0.00627. The maximum Gasteiger partial charge on any atom is 0.416 e. The van der Waals surface area contributed by atoms with Crippen LogP contribution in [0.5, 0.6) is 0 Å². The number of hydrogen-bond donors (Lipinski definition) is 1. The third-order valence-corrected chi connectivity index (χ3v) is 6.66. The molecule has 1 atom stereocenters. The normalized spacial score (nSPS) is 19.4. The number of carbonyl (C=O) groups excluding carboxylic acids is 1. The number of alkyl halides is 3. The molecule has 1 amide bonds. The molecule has 3 rings (SSSR count). The van der Waals surface area contributed by atoms with E-state index in [1.807, 2.05) is 0 Å². The smallest absolute Gasteiger partial charge is 0.352 e. The Morgan fingerprint density at radius 1 is 1.27 bits per heavy atom. The van der Waals surface area contributed by atoms with Crippen LogP contribution in [0.1, 0.15) is 17.7 Å². The minimum Gasteiger partial charge on any atom is -0.352 e. The van der Waals surface area contributed by atoms with Gasteiger partial charge in [0.25, 0.3) is 0 Å². The van der Waals surface area contributed by atoms with Crippen molar-refractivity contribution in [2.75, 3.05) is 11.5 Å². The quantitative estimate of drug-likeness (QED) is 0.850. The average molecular weight is 404 g/mol. The highest BCUT2D eigenvalue weighted by Crippen LogP contribution is 2.31. The van der Waals surface area contributed by atoms with Crippen molar-refractivity contribution in [2.45, 2.75) is 25.1 Å². The maximum atomic E-state index is 12.6. The van der Waals surface area contributed by atoms with Gasteiger partial charge in [-0.1, -0.05) is 12.1 Å². The molecule has 1 N–H and O–H groups in total. The van der Waals surface area contributed by atoms with Crippen LogP contribution in [0.3, 0.4) is 0 Å². The standard InChI is InChI=1S/C16H15F3N2O3S2/c17-16(18,19)11-3-1-10(2-4-11)15-21-13(8-25-15)7-14(22)20-12-5-6-26(23,24)9-12/h1-4,8,12H,5-7,9H2,(H,20,22)/t12-/m1/s1. The zero-order valence-corrected chi connectivity index (χ0v) is 15.0. The Kier molecular flexibility index (Phi) is 5.07. The van der Waals surface area contributed by atoms with Gasteiger partial charge in [0.2, 0.25) is 5.91 Å². The molecule has 0 radical (unpaired) electrons. The molecule has 2 aromatic rings. The lowest BCUT2D eigenvalue weighted by molar-refractivity contribution is -0.137. The van der Waals surface area contributed by atoms with Gasteiger partial charge in [-0.05, 0) is 18.6 Å². The summed E-state index contributed by atoms with van der Waals surface area (Å²) in [6.07, 6.45) is -3.99. The second kappa shape index (κ2) is 6.99. The first-order valence-corrected chi connectivity index (χ1v) is 10.4. The lowest BCUT2D eigenvalue weighted by Gasteiger charge is -2.09. The van der Waals surface area contributed by atoms with Gasteiger partial charge in [-0.3, -0.25) is 4.79 Å². The van der Waals surface area contributed by atoms with Gasteiger partial charge in [-0.2, -0.15) is 13.2 Å². The van der Waals surface area contributed by atoms with E-state index in [-0.39, 0.29) is 29.9 Å². The summed E-state index contributed by atoms with van der Waals surface area (Å²) < 4.78 is 60.6. The fourth-order valence-corrected chi connectivity index (χ4v) is 5.17. The lowest BCUT2D eigenvalue weighted by atomic mass is 10.1. The van der Waals surface area contributed by atoms with Crippen LogP contribution in [0, 0.1) is 0 Å². The number of rotatable bonds is 4. The van der Waals surface area contributed by atoms with Crippen molar-refractivity contribution in [2.24, 2.45) is 0 Å². The highest BCUT2D eigenvalue weighted by Gasteiger charge is 2.30. The molecular formula is C16H15F3N2O3S2. The summed E-state index contributed by atoms with van der Waals surface area (Å²) >= 11 is 1.23. The summed E-state index contributed by atoms with van der Waals surface area (Å²) in [5, 5.41) is 4.86. The van der Waals surface area contributed by atoms with Crippen LogP contribution >= 0.6 is 11.3 Å². The fraction of sp³-hybridized carbons (Fsp3) is 0.375. The number of thiazole rings is 1. The van der Waals surface area contributed by atoms with Crippen LogP contribution in [0.2, 0.25) is 0 Å². The summed E-state index contributed by atoms with van der Waals surface area (Å²) in [7, 11) is -3.07. The van der Waals surface area contributed by atoms with Crippen molar-refractivity contribution in [3.8, 4) is 10.6 Å². The predicted octanol–water partition coefficient (Wildman–Crippen LogP) is 2.67. The highest BCUT2D eigenvalue weighted by molar-refractivity contribution is 7.91. The van der Waals surface area contributed by atoms with Gasteiger partial charge in [0.15, 0.2) is 9.84 Å². The van der Waals surface area contributed by atoms with Crippen LogP contribution in [0.4, 0.5) is 13.2 Å². The molecule has 1 aromatic carbocycles. The monoisotopic (exact) mass is 404 g/mol.